The van der Waals surface area contributed by atoms with Gasteiger partial charge in [0.1, 0.15) is 17.4 Å². The lowest BCUT2D eigenvalue weighted by molar-refractivity contribution is 0.191. The maximum absolute atomic E-state index is 10.4. The molecule has 96 valence electrons. The van der Waals surface area contributed by atoms with Gasteiger partial charge in [-0.15, -0.1) is 0 Å². The van der Waals surface area contributed by atoms with E-state index >= 15 is 0 Å². The molecule has 0 saturated heterocycles. The van der Waals surface area contributed by atoms with Crippen LogP contribution >= 0.6 is 22.6 Å². The monoisotopic (exact) mass is 364 g/mol. The number of aliphatic hydroxyl groups excluding tert-OH is 1. The quantitative estimate of drug-likeness (QED) is 0.683. The standard InChI is InChI=1S/C16H13IO2/c1-10-6-7-14-11(8-10)9-15(19-14)16(18)12-4-2-3-5-13(12)17/h2-9,16,18H,1H3. The maximum Gasteiger partial charge on any atom is 0.138 e. The van der Waals surface area contributed by atoms with Gasteiger partial charge in [0, 0.05) is 14.5 Å². The van der Waals surface area contributed by atoms with E-state index in [2.05, 4.69) is 28.7 Å². The highest BCUT2D eigenvalue weighted by Gasteiger charge is 2.17. The normalized spacial score (nSPS) is 12.8. The molecule has 1 heterocycles. The fraction of sp³-hybridized carbons (Fsp3) is 0.125. The van der Waals surface area contributed by atoms with Gasteiger partial charge in [0.05, 0.1) is 0 Å². The Labute approximate surface area is 125 Å². The van der Waals surface area contributed by atoms with Crippen LogP contribution in [0.3, 0.4) is 0 Å². The molecule has 0 bridgehead atoms. The molecule has 3 aromatic rings. The van der Waals surface area contributed by atoms with Crippen LogP contribution in [0.1, 0.15) is 23.0 Å². The highest BCUT2D eigenvalue weighted by Crippen LogP contribution is 2.30. The minimum Gasteiger partial charge on any atom is -0.458 e. The predicted octanol–water partition coefficient (Wildman–Crippen LogP) is 4.43. The van der Waals surface area contributed by atoms with E-state index in [-0.39, 0.29) is 0 Å². The zero-order valence-corrected chi connectivity index (χ0v) is 12.6. The lowest BCUT2D eigenvalue weighted by Crippen LogP contribution is -2.00. The lowest BCUT2D eigenvalue weighted by Gasteiger charge is -2.09. The van der Waals surface area contributed by atoms with Crippen LogP contribution in [-0.4, -0.2) is 5.11 Å². The predicted molar refractivity (Wildman–Crippen MR) is 84.2 cm³/mol. The summed E-state index contributed by atoms with van der Waals surface area (Å²) in [5.41, 5.74) is 2.87. The number of hydrogen-bond acceptors (Lipinski definition) is 2. The fourth-order valence-corrected chi connectivity index (χ4v) is 2.85. The number of furan rings is 1. The Hall–Kier alpha value is -1.33. The Morgan fingerprint density at radius 2 is 1.89 bits per heavy atom. The summed E-state index contributed by atoms with van der Waals surface area (Å²) in [7, 11) is 0. The topological polar surface area (TPSA) is 33.4 Å². The van der Waals surface area contributed by atoms with E-state index in [9.17, 15) is 5.11 Å². The molecule has 1 unspecified atom stereocenters. The number of halogens is 1. The second kappa shape index (κ2) is 4.98. The molecule has 0 fully saturated rings. The van der Waals surface area contributed by atoms with Gasteiger partial charge in [-0.25, -0.2) is 0 Å². The summed E-state index contributed by atoms with van der Waals surface area (Å²) < 4.78 is 6.77. The summed E-state index contributed by atoms with van der Waals surface area (Å²) in [6.45, 7) is 2.04. The van der Waals surface area contributed by atoms with Crippen molar-refractivity contribution in [2.24, 2.45) is 0 Å². The second-order valence-corrected chi connectivity index (χ2v) is 5.78. The third kappa shape index (κ3) is 2.40. The number of benzene rings is 2. The Morgan fingerprint density at radius 3 is 2.68 bits per heavy atom. The Bertz CT molecular complexity index is 730. The summed E-state index contributed by atoms with van der Waals surface area (Å²) in [5, 5.41) is 11.5. The van der Waals surface area contributed by atoms with Gasteiger partial charge < -0.3 is 9.52 Å². The number of rotatable bonds is 2. The molecule has 0 aliphatic heterocycles. The third-order valence-electron chi connectivity index (χ3n) is 3.16. The van der Waals surface area contributed by atoms with E-state index < -0.39 is 6.10 Å². The molecule has 0 spiro atoms. The average molecular weight is 364 g/mol. The van der Waals surface area contributed by atoms with Crippen molar-refractivity contribution in [2.45, 2.75) is 13.0 Å². The summed E-state index contributed by atoms with van der Waals surface area (Å²) >= 11 is 2.22. The molecule has 3 rings (SSSR count). The highest BCUT2D eigenvalue weighted by atomic mass is 127. The molecule has 2 aromatic carbocycles. The first-order valence-corrected chi connectivity index (χ1v) is 7.15. The molecule has 19 heavy (non-hydrogen) atoms. The molecule has 0 aliphatic carbocycles. The number of hydrogen-bond donors (Lipinski definition) is 1. The molecule has 2 nitrogen and oxygen atoms in total. The van der Waals surface area contributed by atoms with Gasteiger partial charge in [0.25, 0.3) is 0 Å². The van der Waals surface area contributed by atoms with Crippen LogP contribution in [0.4, 0.5) is 0 Å². The van der Waals surface area contributed by atoms with Crippen LogP contribution in [0.25, 0.3) is 11.0 Å². The van der Waals surface area contributed by atoms with Crippen LogP contribution in [0.15, 0.2) is 52.9 Å². The zero-order chi connectivity index (χ0) is 13.4. The van der Waals surface area contributed by atoms with Crippen molar-refractivity contribution in [3.8, 4) is 0 Å². The highest BCUT2D eigenvalue weighted by molar-refractivity contribution is 14.1. The van der Waals surface area contributed by atoms with Crippen LogP contribution < -0.4 is 0 Å². The molecule has 0 aliphatic rings. The Balaban J connectivity index is 2.07. The van der Waals surface area contributed by atoms with Crippen molar-refractivity contribution in [3.63, 3.8) is 0 Å². The Kier molecular flexibility index (Phi) is 3.33. The third-order valence-corrected chi connectivity index (χ3v) is 4.14. The van der Waals surface area contributed by atoms with E-state index in [1.165, 1.54) is 5.56 Å². The first-order chi connectivity index (χ1) is 9.15. The lowest BCUT2D eigenvalue weighted by atomic mass is 10.1. The van der Waals surface area contributed by atoms with Crippen molar-refractivity contribution in [1.29, 1.82) is 0 Å². The summed E-state index contributed by atoms with van der Waals surface area (Å²) in [6, 6.07) is 15.7. The van der Waals surface area contributed by atoms with E-state index in [1.807, 2.05) is 49.4 Å². The molecular formula is C16H13IO2. The number of aliphatic hydroxyl groups is 1. The zero-order valence-electron chi connectivity index (χ0n) is 10.4. The first kappa shape index (κ1) is 12.7. The minimum absolute atomic E-state index is 0.588. The van der Waals surface area contributed by atoms with Crippen LogP contribution in [0.5, 0.6) is 0 Å². The molecule has 1 N–H and O–H groups in total. The van der Waals surface area contributed by atoms with Gasteiger partial charge in [-0.05, 0) is 53.8 Å². The smallest absolute Gasteiger partial charge is 0.138 e. The molecular weight excluding hydrogens is 351 g/mol. The van der Waals surface area contributed by atoms with Crippen molar-refractivity contribution < 1.29 is 9.52 Å². The summed E-state index contributed by atoms with van der Waals surface area (Å²) in [6.07, 6.45) is -0.721. The molecule has 0 saturated carbocycles. The number of aryl methyl sites for hydroxylation is 1. The summed E-state index contributed by atoms with van der Waals surface area (Å²) in [4.78, 5) is 0. The SMILES string of the molecule is Cc1ccc2oc(C(O)c3ccccc3I)cc2c1. The molecule has 3 heteroatoms. The van der Waals surface area contributed by atoms with E-state index in [4.69, 9.17) is 4.42 Å². The molecule has 0 amide bonds. The van der Waals surface area contributed by atoms with Crippen molar-refractivity contribution in [3.05, 3.63) is 69.0 Å². The largest absolute Gasteiger partial charge is 0.458 e. The summed E-state index contributed by atoms with van der Waals surface area (Å²) in [5.74, 6) is 0.588. The van der Waals surface area contributed by atoms with E-state index in [1.54, 1.807) is 0 Å². The number of fused-ring (bicyclic) bond motifs is 1. The van der Waals surface area contributed by atoms with Gasteiger partial charge >= 0.3 is 0 Å². The van der Waals surface area contributed by atoms with Crippen LogP contribution in [0.2, 0.25) is 0 Å². The second-order valence-electron chi connectivity index (χ2n) is 4.61. The van der Waals surface area contributed by atoms with Crippen molar-refractivity contribution >= 4 is 33.6 Å². The van der Waals surface area contributed by atoms with Crippen molar-refractivity contribution in [2.75, 3.05) is 0 Å². The minimum atomic E-state index is -0.721. The van der Waals surface area contributed by atoms with Crippen molar-refractivity contribution in [1.82, 2.24) is 0 Å². The first-order valence-electron chi connectivity index (χ1n) is 6.08. The fourth-order valence-electron chi connectivity index (χ4n) is 2.17. The molecule has 1 atom stereocenters. The van der Waals surface area contributed by atoms with Gasteiger partial charge in [-0.1, -0.05) is 29.8 Å². The van der Waals surface area contributed by atoms with Crippen LogP contribution in [-0.2, 0) is 0 Å². The van der Waals surface area contributed by atoms with Gasteiger partial charge in [-0.3, -0.25) is 0 Å². The van der Waals surface area contributed by atoms with E-state index in [0.29, 0.717) is 5.76 Å². The van der Waals surface area contributed by atoms with Gasteiger partial charge in [0.15, 0.2) is 0 Å². The molecule has 0 radical (unpaired) electrons. The van der Waals surface area contributed by atoms with Gasteiger partial charge in [-0.2, -0.15) is 0 Å². The maximum atomic E-state index is 10.4. The van der Waals surface area contributed by atoms with Crippen LogP contribution in [0, 0.1) is 10.5 Å². The average Bonchev–Trinajstić information content (AvgIpc) is 2.81. The van der Waals surface area contributed by atoms with E-state index in [0.717, 1.165) is 20.1 Å². The van der Waals surface area contributed by atoms with Gasteiger partial charge in [0.2, 0.25) is 0 Å². The Morgan fingerprint density at radius 1 is 1.11 bits per heavy atom. The molecule has 1 aromatic heterocycles.